The molecule has 0 aliphatic heterocycles. The van der Waals surface area contributed by atoms with Crippen LogP contribution in [0, 0.1) is 18.3 Å². The van der Waals surface area contributed by atoms with Crippen LogP contribution in [0.3, 0.4) is 0 Å². The molecule has 128 valence electrons. The molecule has 26 heavy (non-hydrogen) atoms. The molecule has 3 rings (SSSR count). The van der Waals surface area contributed by atoms with Gasteiger partial charge in [0.1, 0.15) is 6.07 Å². The first-order valence-electron chi connectivity index (χ1n) is 8.20. The average molecular weight is 342 g/mol. The molecular weight excluding hydrogens is 324 g/mol. The van der Waals surface area contributed by atoms with Crippen LogP contribution in [0.5, 0.6) is 0 Å². The average Bonchev–Trinajstić information content (AvgIpc) is 2.67. The minimum absolute atomic E-state index is 0.306. The second-order valence-corrected chi connectivity index (χ2v) is 5.92. The number of hydrogen-bond donors (Lipinski definition) is 2. The molecule has 5 nitrogen and oxygen atoms in total. The quantitative estimate of drug-likeness (QED) is 0.731. The van der Waals surface area contributed by atoms with E-state index in [9.17, 15) is 4.79 Å². The van der Waals surface area contributed by atoms with Gasteiger partial charge in [-0.1, -0.05) is 42.0 Å². The van der Waals surface area contributed by atoms with Gasteiger partial charge in [-0.15, -0.1) is 0 Å². The number of para-hydroxylation sites is 1. The van der Waals surface area contributed by atoms with Gasteiger partial charge in [0.2, 0.25) is 0 Å². The zero-order valence-corrected chi connectivity index (χ0v) is 14.4. The molecule has 1 amide bonds. The molecule has 1 heterocycles. The van der Waals surface area contributed by atoms with E-state index in [1.54, 1.807) is 36.5 Å². The summed E-state index contributed by atoms with van der Waals surface area (Å²) in [6.45, 7) is 2.70. The molecular formula is C21H18N4O. The number of carbonyl (C=O) groups excluding carboxylic acids is 1. The second kappa shape index (κ2) is 7.95. The molecule has 3 aromatic rings. The maximum atomic E-state index is 12.5. The smallest absolute Gasteiger partial charge is 0.257 e. The predicted octanol–water partition coefficient (Wildman–Crippen LogP) is 4.13. The fraction of sp³-hybridized carbons (Fsp3) is 0.0952. The number of amides is 1. The number of hydrogen-bond acceptors (Lipinski definition) is 4. The molecule has 0 saturated heterocycles. The largest absolute Gasteiger partial charge is 0.380 e. The third kappa shape index (κ3) is 4.25. The molecule has 0 fully saturated rings. The standard InChI is InChI=1S/C21H18N4O/c1-15-5-4-6-16(9-15)12-24-19-10-18(13-23-14-19)21(26)25-20-8-3-2-7-17(20)11-22/h2-10,13-14,24H,12H2,1H3,(H,25,26). The molecule has 0 spiro atoms. The first-order valence-corrected chi connectivity index (χ1v) is 8.20. The van der Waals surface area contributed by atoms with Crippen molar-refractivity contribution in [3.63, 3.8) is 0 Å². The molecule has 2 aromatic carbocycles. The molecule has 2 N–H and O–H groups in total. The molecule has 5 heteroatoms. The second-order valence-electron chi connectivity index (χ2n) is 5.92. The van der Waals surface area contributed by atoms with Gasteiger partial charge in [-0.05, 0) is 30.7 Å². The zero-order valence-electron chi connectivity index (χ0n) is 14.4. The number of aromatic nitrogens is 1. The number of nitrogens with zero attached hydrogens (tertiary/aromatic N) is 2. The van der Waals surface area contributed by atoms with Gasteiger partial charge in [0.25, 0.3) is 5.91 Å². The van der Waals surface area contributed by atoms with E-state index in [-0.39, 0.29) is 5.91 Å². The van der Waals surface area contributed by atoms with Gasteiger partial charge in [-0.2, -0.15) is 5.26 Å². The number of nitriles is 1. The maximum absolute atomic E-state index is 12.5. The Morgan fingerprint density at radius 3 is 2.77 bits per heavy atom. The fourth-order valence-corrected chi connectivity index (χ4v) is 2.57. The van der Waals surface area contributed by atoms with Crippen molar-refractivity contribution in [3.05, 3.63) is 89.2 Å². The van der Waals surface area contributed by atoms with Crippen molar-refractivity contribution < 1.29 is 4.79 Å². The molecule has 0 aliphatic rings. The van der Waals surface area contributed by atoms with E-state index in [2.05, 4.69) is 40.7 Å². The summed E-state index contributed by atoms with van der Waals surface area (Å²) in [4.78, 5) is 16.6. The van der Waals surface area contributed by atoms with Crippen LogP contribution in [0.1, 0.15) is 27.0 Å². The molecule has 0 atom stereocenters. The topological polar surface area (TPSA) is 77.8 Å². The minimum atomic E-state index is -0.306. The van der Waals surface area contributed by atoms with E-state index in [4.69, 9.17) is 5.26 Å². The van der Waals surface area contributed by atoms with Crippen LogP contribution in [0.4, 0.5) is 11.4 Å². The maximum Gasteiger partial charge on any atom is 0.257 e. The summed E-state index contributed by atoms with van der Waals surface area (Å²) in [7, 11) is 0. The minimum Gasteiger partial charge on any atom is -0.380 e. The van der Waals surface area contributed by atoms with Crippen LogP contribution in [0.25, 0.3) is 0 Å². The third-order valence-electron chi connectivity index (χ3n) is 3.88. The van der Waals surface area contributed by atoms with Crippen molar-refractivity contribution in [3.8, 4) is 6.07 Å². The van der Waals surface area contributed by atoms with Crippen molar-refractivity contribution >= 4 is 17.3 Å². The van der Waals surface area contributed by atoms with Gasteiger partial charge in [-0.25, -0.2) is 0 Å². The highest BCUT2D eigenvalue weighted by Crippen LogP contribution is 2.16. The monoisotopic (exact) mass is 342 g/mol. The summed E-state index contributed by atoms with van der Waals surface area (Å²) >= 11 is 0. The van der Waals surface area contributed by atoms with Gasteiger partial charge in [0.15, 0.2) is 0 Å². The van der Waals surface area contributed by atoms with Gasteiger partial charge < -0.3 is 10.6 Å². The first-order chi connectivity index (χ1) is 12.7. The lowest BCUT2D eigenvalue weighted by Crippen LogP contribution is -2.13. The highest BCUT2D eigenvalue weighted by molar-refractivity contribution is 6.05. The lowest BCUT2D eigenvalue weighted by atomic mass is 10.1. The van der Waals surface area contributed by atoms with Crippen LogP contribution >= 0.6 is 0 Å². The van der Waals surface area contributed by atoms with Crippen molar-refractivity contribution in [1.29, 1.82) is 5.26 Å². The number of carbonyl (C=O) groups is 1. The molecule has 0 unspecified atom stereocenters. The SMILES string of the molecule is Cc1cccc(CNc2cncc(C(=O)Nc3ccccc3C#N)c2)c1. The van der Waals surface area contributed by atoms with Gasteiger partial charge in [0, 0.05) is 18.9 Å². The molecule has 0 aliphatic carbocycles. The van der Waals surface area contributed by atoms with Crippen LogP contribution in [-0.2, 0) is 6.54 Å². The third-order valence-corrected chi connectivity index (χ3v) is 3.88. The lowest BCUT2D eigenvalue weighted by molar-refractivity contribution is 0.102. The molecule has 1 aromatic heterocycles. The van der Waals surface area contributed by atoms with E-state index in [1.807, 2.05) is 12.1 Å². The summed E-state index contributed by atoms with van der Waals surface area (Å²) in [6, 6.07) is 18.9. The molecule has 0 saturated carbocycles. The van der Waals surface area contributed by atoms with Gasteiger partial charge in [-0.3, -0.25) is 9.78 Å². The zero-order chi connectivity index (χ0) is 18.4. The van der Waals surface area contributed by atoms with E-state index in [0.717, 1.165) is 11.3 Å². The highest BCUT2D eigenvalue weighted by atomic mass is 16.1. The number of aryl methyl sites for hydroxylation is 1. The summed E-state index contributed by atoms with van der Waals surface area (Å²) in [5.41, 5.74) is 4.44. The molecule has 0 radical (unpaired) electrons. The van der Waals surface area contributed by atoms with Crippen LogP contribution < -0.4 is 10.6 Å². The van der Waals surface area contributed by atoms with Gasteiger partial charge in [0.05, 0.1) is 22.5 Å². The van der Waals surface area contributed by atoms with E-state index < -0.39 is 0 Å². The number of benzene rings is 2. The van der Waals surface area contributed by atoms with Crippen molar-refractivity contribution in [2.24, 2.45) is 0 Å². The normalized spacial score (nSPS) is 10.0. The Labute approximate surface area is 152 Å². The van der Waals surface area contributed by atoms with Gasteiger partial charge >= 0.3 is 0 Å². The van der Waals surface area contributed by atoms with Crippen LogP contribution in [-0.4, -0.2) is 10.9 Å². The number of anilines is 2. The Morgan fingerprint density at radius 2 is 1.96 bits per heavy atom. The number of pyridine rings is 1. The first kappa shape index (κ1) is 17.2. The van der Waals surface area contributed by atoms with Crippen LogP contribution in [0.15, 0.2) is 67.0 Å². The summed E-state index contributed by atoms with van der Waals surface area (Å²) in [5.74, 6) is -0.306. The van der Waals surface area contributed by atoms with Crippen molar-refractivity contribution in [1.82, 2.24) is 4.98 Å². The summed E-state index contributed by atoms with van der Waals surface area (Å²) in [5, 5.41) is 15.2. The van der Waals surface area contributed by atoms with Crippen molar-refractivity contribution in [2.75, 3.05) is 10.6 Å². The Hall–Kier alpha value is -3.65. The number of nitrogens with one attached hydrogen (secondary N) is 2. The summed E-state index contributed by atoms with van der Waals surface area (Å²) < 4.78 is 0. The van der Waals surface area contributed by atoms with Crippen molar-refractivity contribution in [2.45, 2.75) is 13.5 Å². The van der Waals surface area contributed by atoms with Crippen LogP contribution in [0.2, 0.25) is 0 Å². The Balaban J connectivity index is 1.70. The highest BCUT2D eigenvalue weighted by Gasteiger charge is 2.10. The predicted molar refractivity (Wildman–Crippen MR) is 102 cm³/mol. The van der Waals surface area contributed by atoms with E-state index in [0.29, 0.717) is 23.4 Å². The Morgan fingerprint density at radius 1 is 1.12 bits per heavy atom. The Bertz CT molecular complexity index is 975. The lowest BCUT2D eigenvalue weighted by Gasteiger charge is -2.10. The summed E-state index contributed by atoms with van der Waals surface area (Å²) in [6.07, 6.45) is 3.18. The van der Waals surface area contributed by atoms with E-state index in [1.165, 1.54) is 11.8 Å². The molecule has 0 bridgehead atoms. The van der Waals surface area contributed by atoms with E-state index >= 15 is 0 Å². The fourth-order valence-electron chi connectivity index (χ4n) is 2.57. The number of rotatable bonds is 5. The Kier molecular flexibility index (Phi) is 5.25.